The van der Waals surface area contributed by atoms with E-state index < -0.39 is 0 Å². The monoisotopic (exact) mass is 755 g/mol. The minimum atomic E-state index is 0.134. The summed E-state index contributed by atoms with van der Waals surface area (Å²) < 4.78 is 0. The molecule has 4 aliphatic rings. The van der Waals surface area contributed by atoms with Crippen LogP contribution in [0.2, 0.25) is 0 Å². The van der Waals surface area contributed by atoms with Crippen molar-refractivity contribution in [1.82, 2.24) is 15.0 Å². The molecule has 0 radical (unpaired) electrons. The van der Waals surface area contributed by atoms with Crippen molar-refractivity contribution in [3.8, 4) is 68.6 Å². The molecule has 1 heterocycles. The van der Waals surface area contributed by atoms with Gasteiger partial charge in [0, 0.05) is 27.5 Å². The summed E-state index contributed by atoms with van der Waals surface area (Å²) in [5.41, 5.74) is 12.3. The zero-order chi connectivity index (χ0) is 39.3. The normalized spacial score (nSPS) is 24.2. The molecule has 0 bridgehead atoms. The molecule has 59 heavy (non-hydrogen) atoms. The Morgan fingerprint density at radius 3 is 1.49 bits per heavy atom. The maximum atomic E-state index is 9.50. The summed E-state index contributed by atoms with van der Waals surface area (Å²) in [5, 5.41) is 21.3. The Morgan fingerprint density at radius 2 is 0.915 bits per heavy atom. The van der Waals surface area contributed by atoms with Gasteiger partial charge in [0.25, 0.3) is 0 Å². The largest absolute Gasteiger partial charge is 0.208 e. The molecule has 4 saturated carbocycles. The van der Waals surface area contributed by atoms with Gasteiger partial charge in [0.2, 0.25) is 0 Å². The molecule has 5 unspecified atom stereocenters. The first-order chi connectivity index (χ1) is 29.0. The first-order valence-electron chi connectivity index (χ1n) is 20.6. The number of nitriles is 2. The highest BCUT2D eigenvalue weighted by Crippen LogP contribution is 2.97. The van der Waals surface area contributed by atoms with E-state index in [-0.39, 0.29) is 16.2 Å². The van der Waals surface area contributed by atoms with Crippen LogP contribution in [0.5, 0.6) is 0 Å². The van der Waals surface area contributed by atoms with Crippen molar-refractivity contribution in [2.24, 2.45) is 17.3 Å². The second kappa shape index (κ2) is 12.4. The fraction of sp³-hybridized carbons (Fsp3) is 0.167. The summed E-state index contributed by atoms with van der Waals surface area (Å²) in [6.07, 6.45) is 4.96. The highest BCUT2D eigenvalue weighted by Gasteiger charge is 2.93. The van der Waals surface area contributed by atoms with E-state index in [9.17, 15) is 10.5 Å². The van der Waals surface area contributed by atoms with Crippen molar-refractivity contribution < 1.29 is 0 Å². The Labute approximate surface area is 343 Å². The predicted octanol–water partition coefficient (Wildman–Crippen LogP) is 12.1. The number of fused-ring (bicyclic) bond motifs is 1. The van der Waals surface area contributed by atoms with Crippen LogP contribution in [0.1, 0.15) is 47.9 Å². The average molecular weight is 756 g/mol. The number of rotatable bonds is 7. The lowest BCUT2D eigenvalue weighted by Gasteiger charge is -2.96. The van der Waals surface area contributed by atoms with Crippen LogP contribution < -0.4 is 0 Å². The van der Waals surface area contributed by atoms with Gasteiger partial charge < -0.3 is 0 Å². The minimum absolute atomic E-state index is 0.134. The number of nitrogens with zero attached hydrogens (tertiary/aromatic N) is 5. The second-order valence-electron chi connectivity index (χ2n) is 17.2. The minimum Gasteiger partial charge on any atom is -0.208 e. The Morgan fingerprint density at radius 1 is 0.424 bits per heavy atom. The van der Waals surface area contributed by atoms with Crippen LogP contribution in [0, 0.1) is 39.9 Å². The quantitative estimate of drug-likeness (QED) is 0.162. The van der Waals surface area contributed by atoms with Crippen LogP contribution in [-0.4, -0.2) is 15.0 Å². The topological polar surface area (TPSA) is 86.2 Å². The molecule has 12 rings (SSSR count). The molecule has 1 spiro atoms. The highest BCUT2D eigenvalue weighted by atomic mass is 15.0. The van der Waals surface area contributed by atoms with Gasteiger partial charge in [0.1, 0.15) is 0 Å². The van der Waals surface area contributed by atoms with E-state index >= 15 is 0 Å². The summed E-state index contributed by atoms with van der Waals surface area (Å²) >= 11 is 0. The van der Waals surface area contributed by atoms with Crippen LogP contribution in [0.4, 0.5) is 0 Å². The molecule has 278 valence electrons. The lowest BCUT2D eigenvalue weighted by Crippen LogP contribution is -2.93. The molecule has 1 aromatic heterocycles. The van der Waals surface area contributed by atoms with Crippen molar-refractivity contribution in [1.29, 1.82) is 10.5 Å². The molecule has 0 N–H and O–H groups in total. The number of hydrogen-bond donors (Lipinski definition) is 0. The lowest BCUT2D eigenvalue weighted by atomic mass is 9.07. The van der Waals surface area contributed by atoms with Gasteiger partial charge in [-0.05, 0) is 123 Å². The molecule has 8 aromatic rings. The maximum absolute atomic E-state index is 9.50. The zero-order valence-electron chi connectivity index (χ0n) is 32.3. The fourth-order valence-electron chi connectivity index (χ4n) is 12.4. The molecular weight excluding hydrogens is 719 g/mol. The summed E-state index contributed by atoms with van der Waals surface area (Å²) in [6.45, 7) is 0. The summed E-state index contributed by atoms with van der Waals surface area (Å²) in [4.78, 5) is 15.2. The molecule has 5 nitrogen and oxygen atoms in total. The first-order valence-corrected chi connectivity index (χ1v) is 20.6. The molecular formula is C54H37N5. The Kier molecular flexibility index (Phi) is 7.12. The third kappa shape index (κ3) is 4.68. The molecule has 0 amide bonds. The molecule has 0 saturated heterocycles. The Bertz CT molecular complexity index is 3010. The predicted molar refractivity (Wildman–Crippen MR) is 232 cm³/mol. The third-order valence-corrected chi connectivity index (χ3v) is 14.8. The molecule has 7 aromatic carbocycles. The SMILES string of the molecule is N#Cc1ccc(-c2cc(-c3ccc(C#N)cc3)cc(C34CC5CC6CC(c7ccc(-c8nc(-c9ccccc9)nc(-c9ccc%10ccccc%10c9)n8)cc7)(C3)C654)c2)cc1. The van der Waals surface area contributed by atoms with Crippen LogP contribution in [0.15, 0.2) is 164 Å². The van der Waals surface area contributed by atoms with Crippen molar-refractivity contribution >= 4 is 10.8 Å². The van der Waals surface area contributed by atoms with Gasteiger partial charge in [-0.2, -0.15) is 10.5 Å². The maximum Gasteiger partial charge on any atom is 0.164 e. The summed E-state index contributed by atoms with van der Waals surface area (Å²) in [6, 6.07) is 61.8. The van der Waals surface area contributed by atoms with Gasteiger partial charge >= 0.3 is 0 Å². The van der Waals surface area contributed by atoms with Gasteiger partial charge in [0.05, 0.1) is 23.3 Å². The van der Waals surface area contributed by atoms with E-state index in [0.29, 0.717) is 28.6 Å². The molecule has 4 fully saturated rings. The van der Waals surface area contributed by atoms with E-state index in [1.807, 2.05) is 42.5 Å². The van der Waals surface area contributed by atoms with Gasteiger partial charge in [-0.3, -0.25) is 0 Å². The number of aromatic nitrogens is 3. The lowest BCUT2D eigenvalue weighted by molar-refractivity contribution is -0.412. The highest BCUT2D eigenvalue weighted by molar-refractivity contribution is 5.86. The number of hydrogen-bond acceptors (Lipinski definition) is 5. The van der Waals surface area contributed by atoms with Crippen LogP contribution in [-0.2, 0) is 10.8 Å². The van der Waals surface area contributed by atoms with E-state index in [0.717, 1.165) is 51.5 Å². The molecule has 5 atom stereocenters. The van der Waals surface area contributed by atoms with Crippen molar-refractivity contribution in [3.05, 3.63) is 186 Å². The van der Waals surface area contributed by atoms with Gasteiger partial charge in [-0.25, -0.2) is 15.0 Å². The van der Waals surface area contributed by atoms with E-state index in [2.05, 4.69) is 133 Å². The van der Waals surface area contributed by atoms with Crippen molar-refractivity contribution in [2.75, 3.05) is 0 Å². The van der Waals surface area contributed by atoms with Crippen molar-refractivity contribution in [3.63, 3.8) is 0 Å². The third-order valence-electron chi connectivity index (χ3n) is 14.8. The summed E-state index contributed by atoms with van der Waals surface area (Å²) in [7, 11) is 0. The van der Waals surface area contributed by atoms with Crippen LogP contribution in [0.25, 0.3) is 67.2 Å². The van der Waals surface area contributed by atoms with Crippen LogP contribution >= 0.6 is 0 Å². The Hall–Kier alpha value is -7.21. The Balaban J connectivity index is 0.917. The van der Waals surface area contributed by atoms with E-state index in [1.165, 1.54) is 46.9 Å². The van der Waals surface area contributed by atoms with Gasteiger partial charge in [0.15, 0.2) is 17.5 Å². The van der Waals surface area contributed by atoms with E-state index in [1.54, 1.807) is 0 Å². The van der Waals surface area contributed by atoms with Gasteiger partial charge in [-0.15, -0.1) is 0 Å². The second-order valence-corrected chi connectivity index (χ2v) is 17.2. The molecule has 5 heteroatoms. The van der Waals surface area contributed by atoms with E-state index in [4.69, 9.17) is 15.0 Å². The molecule has 4 aliphatic carbocycles. The smallest absolute Gasteiger partial charge is 0.164 e. The van der Waals surface area contributed by atoms with Crippen LogP contribution in [0.3, 0.4) is 0 Å². The fourth-order valence-corrected chi connectivity index (χ4v) is 12.4. The number of benzene rings is 7. The average Bonchev–Trinajstić information content (AvgIpc) is 3.28. The standard InChI is InChI=1S/C54H37N5/c55-31-34-10-14-37(15-11-34)43-25-44(38-16-12-35(32-56)13-17-38)27-46(26-43)53-30-48-28-47-29-52(33-53,54(47,48)53)45-22-20-40(21-23-45)50-57-49(39-7-2-1-3-8-39)58-51(59-50)42-19-18-36-6-4-5-9-41(36)24-42/h1-27,47-48H,28-30,33H2. The zero-order valence-corrected chi connectivity index (χ0v) is 32.3. The molecule has 0 aliphatic heterocycles. The first kappa shape index (κ1) is 33.9. The summed E-state index contributed by atoms with van der Waals surface area (Å²) in [5.74, 6) is 3.50. The van der Waals surface area contributed by atoms with Crippen molar-refractivity contribution in [2.45, 2.75) is 36.5 Å². The van der Waals surface area contributed by atoms with Gasteiger partial charge in [-0.1, -0.05) is 127 Å².